The quantitative estimate of drug-likeness (QED) is 0.613. The van der Waals surface area contributed by atoms with E-state index in [2.05, 4.69) is 10.3 Å². The summed E-state index contributed by atoms with van der Waals surface area (Å²) >= 11 is 0. The summed E-state index contributed by atoms with van der Waals surface area (Å²) in [7, 11) is 3.18. The van der Waals surface area contributed by atoms with E-state index in [1.807, 2.05) is 36.4 Å². The van der Waals surface area contributed by atoms with Crippen molar-refractivity contribution >= 4 is 22.6 Å². The number of rotatable bonds is 6. The molecule has 1 fully saturated rings. The molecule has 1 aromatic heterocycles. The van der Waals surface area contributed by atoms with E-state index < -0.39 is 0 Å². The van der Waals surface area contributed by atoms with E-state index in [1.165, 1.54) is 0 Å². The van der Waals surface area contributed by atoms with Gasteiger partial charge in [0.05, 0.1) is 26.5 Å². The van der Waals surface area contributed by atoms with Gasteiger partial charge in [0, 0.05) is 22.5 Å². The molecule has 7 heteroatoms. The Morgan fingerprint density at radius 1 is 1.10 bits per heavy atom. The molecule has 0 radical (unpaired) electrons. The first-order chi connectivity index (χ1) is 15.1. The Balaban J connectivity index is 1.64. The minimum Gasteiger partial charge on any atom is -0.497 e. The molecule has 31 heavy (non-hydrogen) atoms. The van der Waals surface area contributed by atoms with Crippen molar-refractivity contribution in [1.82, 2.24) is 9.88 Å². The number of urea groups is 1. The number of carbonyl (C=O) groups excluding carboxylic acids is 1. The number of H-pyrrole nitrogens is 1. The van der Waals surface area contributed by atoms with Gasteiger partial charge in [-0.25, -0.2) is 4.79 Å². The molecule has 4 rings (SSSR count). The summed E-state index contributed by atoms with van der Waals surface area (Å²) in [5, 5.41) is 3.83. The van der Waals surface area contributed by atoms with E-state index in [0.717, 1.165) is 36.6 Å². The smallest absolute Gasteiger partial charge is 0.322 e. The highest BCUT2D eigenvalue weighted by Crippen LogP contribution is 2.28. The lowest BCUT2D eigenvalue weighted by atomic mass is 10.1. The topological polar surface area (TPSA) is 83.7 Å². The first kappa shape index (κ1) is 20.8. The molecule has 0 atom stereocenters. The summed E-state index contributed by atoms with van der Waals surface area (Å²) in [6.07, 6.45) is 4.01. The molecule has 3 aromatic rings. The fraction of sp³-hybridized carbons (Fsp3) is 0.333. The third-order valence-electron chi connectivity index (χ3n) is 5.84. The molecule has 2 aromatic carbocycles. The summed E-state index contributed by atoms with van der Waals surface area (Å²) in [6, 6.07) is 14.5. The van der Waals surface area contributed by atoms with E-state index in [4.69, 9.17) is 9.47 Å². The Hall–Kier alpha value is -3.48. The zero-order valence-corrected chi connectivity index (χ0v) is 17.8. The lowest BCUT2D eigenvalue weighted by molar-refractivity contribution is 0.184. The second-order valence-corrected chi connectivity index (χ2v) is 7.77. The normalized spacial score (nSPS) is 13.9. The summed E-state index contributed by atoms with van der Waals surface area (Å²) in [6.45, 7) is 0.230. The van der Waals surface area contributed by atoms with Crippen molar-refractivity contribution in [1.29, 1.82) is 0 Å². The molecule has 0 spiro atoms. The zero-order valence-electron chi connectivity index (χ0n) is 17.8. The van der Waals surface area contributed by atoms with Gasteiger partial charge in [-0.15, -0.1) is 0 Å². The molecule has 1 aliphatic carbocycles. The van der Waals surface area contributed by atoms with Gasteiger partial charge in [-0.3, -0.25) is 4.79 Å². The Bertz CT molecular complexity index is 1140. The van der Waals surface area contributed by atoms with Gasteiger partial charge in [-0.05, 0) is 49.2 Å². The molecule has 0 aliphatic heterocycles. The van der Waals surface area contributed by atoms with Crippen LogP contribution in [-0.2, 0) is 6.54 Å². The van der Waals surface area contributed by atoms with Crippen LogP contribution in [0.5, 0.6) is 11.5 Å². The van der Waals surface area contributed by atoms with E-state index in [-0.39, 0.29) is 24.2 Å². The van der Waals surface area contributed by atoms with Crippen molar-refractivity contribution in [2.24, 2.45) is 0 Å². The largest absolute Gasteiger partial charge is 0.497 e. The monoisotopic (exact) mass is 421 g/mol. The first-order valence-corrected chi connectivity index (χ1v) is 10.5. The van der Waals surface area contributed by atoms with Crippen LogP contribution in [0.25, 0.3) is 10.9 Å². The van der Waals surface area contributed by atoms with E-state index in [1.54, 1.807) is 31.3 Å². The number of amides is 2. The summed E-state index contributed by atoms with van der Waals surface area (Å²) in [5.41, 5.74) is 1.70. The third-order valence-corrected chi connectivity index (χ3v) is 5.84. The standard InChI is InChI=1S/C24H27N3O4/c1-30-19-11-12-20-16(14-19)13-17(23(28)25-20)15-27(18-7-3-4-8-18)24(29)26-21-9-5-6-10-22(21)31-2/h5-6,9-14,18H,3-4,7-8,15H2,1-2H3,(H,25,28)(H,26,29). The number of nitrogens with zero attached hydrogens (tertiary/aromatic N) is 1. The lowest BCUT2D eigenvalue weighted by Crippen LogP contribution is -2.42. The van der Waals surface area contributed by atoms with Crippen molar-refractivity contribution in [3.63, 3.8) is 0 Å². The SMILES string of the molecule is COc1ccc2[nH]c(=O)c(CN(C(=O)Nc3ccccc3OC)C3CCCC3)cc2c1. The van der Waals surface area contributed by atoms with Crippen molar-refractivity contribution in [3.05, 3.63) is 64.4 Å². The summed E-state index contributed by atoms with van der Waals surface area (Å²) < 4.78 is 10.7. The molecule has 162 valence electrons. The number of anilines is 1. The fourth-order valence-electron chi connectivity index (χ4n) is 4.18. The number of hydrogen-bond acceptors (Lipinski definition) is 4. The highest BCUT2D eigenvalue weighted by Gasteiger charge is 2.28. The average molecular weight is 421 g/mol. The number of pyridine rings is 1. The predicted molar refractivity (Wildman–Crippen MR) is 121 cm³/mol. The van der Waals surface area contributed by atoms with E-state index in [9.17, 15) is 9.59 Å². The molecule has 1 heterocycles. The number of aromatic amines is 1. The summed E-state index contributed by atoms with van der Waals surface area (Å²) in [5.74, 6) is 1.31. The van der Waals surface area contributed by atoms with Gasteiger partial charge in [0.25, 0.3) is 5.56 Å². The van der Waals surface area contributed by atoms with E-state index in [0.29, 0.717) is 22.7 Å². The number of para-hydroxylation sites is 2. The van der Waals surface area contributed by atoms with Crippen molar-refractivity contribution in [2.45, 2.75) is 38.3 Å². The van der Waals surface area contributed by atoms with Gasteiger partial charge < -0.3 is 24.7 Å². The number of carbonyl (C=O) groups is 1. The molecule has 1 aliphatic rings. The average Bonchev–Trinajstić information content (AvgIpc) is 3.32. The summed E-state index contributed by atoms with van der Waals surface area (Å²) in [4.78, 5) is 30.7. The molecule has 7 nitrogen and oxygen atoms in total. The fourth-order valence-corrected chi connectivity index (χ4v) is 4.18. The van der Waals surface area contributed by atoms with Gasteiger partial charge in [0.2, 0.25) is 0 Å². The highest BCUT2D eigenvalue weighted by molar-refractivity contribution is 5.91. The van der Waals surface area contributed by atoms with Crippen LogP contribution >= 0.6 is 0 Å². The number of fused-ring (bicyclic) bond motifs is 1. The van der Waals surface area contributed by atoms with Crippen LogP contribution in [0.15, 0.2) is 53.3 Å². The van der Waals surface area contributed by atoms with Crippen molar-refractivity contribution < 1.29 is 14.3 Å². The van der Waals surface area contributed by atoms with Gasteiger partial charge in [0.1, 0.15) is 11.5 Å². The number of ether oxygens (including phenoxy) is 2. The number of aromatic nitrogens is 1. The molecular formula is C24H27N3O4. The van der Waals surface area contributed by atoms with Crippen LogP contribution in [0.3, 0.4) is 0 Å². The Labute approximate surface area is 181 Å². The Morgan fingerprint density at radius 3 is 2.61 bits per heavy atom. The highest BCUT2D eigenvalue weighted by atomic mass is 16.5. The molecular weight excluding hydrogens is 394 g/mol. The van der Waals surface area contributed by atoms with Crippen LogP contribution in [-0.4, -0.2) is 36.2 Å². The van der Waals surface area contributed by atoms with Crippen LogP contribution < -0.4 is 20.3 Å². The minimum atomic E-state index is -0.235. The predicted octanol–water partition coefficient (Wildman–Crippen LogP) is 4.52. The van der Waals surface area contributed by atoms with Crippen molar-refractivity contribution in [3.8, 4) is 11.5 Å². The van der Waals surface area contributed by atoms with Crippen LogP contribution in [0.1, 0.15) is 31.2 Å². The molecule has 0 saturated heterocycles. The minimum absolute atomic E-state index is 0.0927. The van der Waals surface area contributed by atoms with Crippen LogP contribution in [0.2, 0.25) is 0 Å². The number of nitrogens with one attached hydrogen (secondary N) is 2. The number of benzene rings is 2. The molecule has 0 bridgehead atoms. The van der Waals surface area contributed by atoms with Crippen LogP contribution in [0, 0.1) is 0 Å². The molecule has 1 saturated carbocycles. The second-order valence-electron chi connectivity index (χ2n) is 7.77. The lowest BCUT2D eigenvalue weighted by Gasteiger charge is -2.29. The molecule has 2 amide bonds. The first-order valence-electron chi connectivity index (χ1n) is 10.5. The van der Waals surface area contributed by atoms with Gasteiger partial charge in [-0.1, -0.05) is 25.0 Å². The van der Waals surface area contributed by atoms with E-state index >= 15 is 0 Å². The maximum atomic E-state index is 13.3. The number of hydrogen-bond donors (Lipinski definition) is 2. The van der Waals surface area contributed by atoms with Gasteiger partial charge in [0.15, 0.2) is 0 Å². The molecule has 2 N–H and O–H groups in total. The third kappa shape index (κ3) is 4.50. The van der Waals surface area contributed by atoms with Crippen LogP contribution in [0.4, 0.5) is 10.5 Å². The maximum absolute atomic E-state index is 13.3. The van der Waals surface area contributed by atoms with Gasteiger partial charge in [-0.2, -0.15) is 0 Å². The second kappa shape index (κ2) is 9.12. The Kier molecular flexibility index (Phi) is 6.11. The van der Waals surface area contributed by atoms with Gasteiger partial charge >= 0.3 is 6.03 Å². The van der Waals surface area contributed by atoms with Crippen molar-refractivity contribution in [2.75, 3.05) is 19.5 Å². The zero-order chi connectivity index (χ0) is 21.8. The molecule has 0 unspecified atom stereocenters. The maximum Gasteiger partial charge on any atom is 0.322 e. The number of methoxy groups -OCH3 is 2. The Morgan fingerprint density at radius 2 is 1.87 bits per heavy atom.